The van der Waals surface area contributed by atoms with Crippen LogP contribution < -0.4 is 6.15 Å². The molecule has 2 aromatic rings. The molecule has 25 heavy (non-hydrogen) atoms. The van der Waals surface area contributed by atoms with Gasteiger partial charge in [0.1, 0.15) is 0 Å². The zero-order valence-electron chi connectivity index (χ0n) is 16.6. The monoisotopic (exact) mass is 448 g/mol. The van der Waals surface area contributed by atoms with E-state index >= 15 is 0 Å². The Bertz CT molecular complexity index is 648. The van der Waals surface area contributed by atoms with Crippen molar-refractivity contribution in [1.29, 1.82) is 0 Å². The van der Waals surface area contributed by atoms with Gasteiger partial charge in [0.25, 0.3) is 0 Å². The van der Waals surface area contributed by atoms with Gasteiger partial charge in [-0.1, -0.05) is 0 Å². The zero-order chi connectivity index (χ0) is 18.4. The first-order valence-corrected chi connectivity index (χ1v) is 17.5. The SMILES string of the molecule is CCCc1cccc([O][Sn]([CH3])([CH3])[O]c2cccc(CCC)c2C)c1C. The van der Waals surface area contributed by atoms with Gasteiger partial charge in [0.2, 0.25) is 0 Å². The molecule has 0 saturated carbocycles. The quantitative estimate of drug-likeness (QED) is 0.438. The van der Waals surface area contributed by atoms with E-state index in [-0.39, 0.29) is 0 Å². The average molecular weight is 447 g/mol. The Balaban J connectivity index is 2.20. The third kappa shape index (κ3) is 5.40. The predicted molar refractivity (Wildman–Crippen MR) is 109 cm³/mol. The fraction of sp³-hybridized carbons (Fsp3) is 0.455. The number of hydrogen-bond acceptors (Lipinski definition) is 2. The van der Waals surface area contributed by atoms with E-state index in [1.165, 1.54) is 22.3 Å². The van der Waals surface area contributed by atoms with Gasteiger partial charge in [-0.2, -0.15) is 0 Å². The molecular formula is C22H32O2Sn. The zero-order valence-corrected chi connectivity index (χ0v) is 19.5. The summed E-state index contributed by atoms with van der Waals surface area (Å²) in [5, 5.41) is 0. The van der Waals surface area contributed by atoms with Gasteiger partial charge >= 0.3 is 159 Å². The van der Waals surface area contributed by atoms with Crippen LogP contribution in [0, 0.1) is 13.8 Å². The first kappa shape index (κ1) is 20.2. The van der Waals surface area contributed by atoms with Crippen molar-refractivity contribution in [1.82, 2.24) is 0 Å². The van der Waals surface area contributed by atoms with Crippen LogP contribution in [-0.4, -0.2) is 19.2 Å². The molecule has 2 nitrogen and oxygen atoms in total. The average Bonchev–Trinajstić information content (AvgIpc) is 2.55. The Hall–Kier alpha value is -1.16. The van der Waals surface area contributed by atoms with Gasteiger partial charge in [-0.3, -0.25) is 0 Å². The van der Waals surface area contributed by atoms with E-state index in [1.54, 1.807) is 0 Å². The summed E-state index contributed by atoms with van der Waals surface area (Å²) < 4.78 is 12.9. The van der Waals surface area contributed by atoms with Gasteiger partial charge < -0.3 is 0 Å². The van der Waals surface area contributed by atoms with Crippen LogP contribution in [0.25, 0.3) is 0 Å². The summed E-state index contributed by atoms with van der Waals surface area (Å²) >= 11 is -3.16. The van der Waals surface area contributed by atoms with E-state index in [0.29, 0.717) is 0 Å². The second-order valence-corrected chi connectivity index (χ2v) is 16.3. The molecule has 0 heterocycles. The second kappa shape index (κ2) is 8.97. The molecule has 0 bridgehead atoms. The molecule has 0 amide bonds. The molecular weight excluding hydrogens is 415 g/mol. The summed E-state index contributed by atoms with van der Waals surface area (Å²) in [6.07, 6.45) is 4.49. The third-order valence-electron chi connectivity index (χ3n) is 4.54. The Morgan fingerprint density at radius 2 is 1.12 bits per heavy atom. The normalized spacial score (nSPS) is 11.4. The molecule has 2 aromatic carbocycles. The molecule has 0 fully saturated rings. The van der Waals surface area contributed by atoms with Crippen LogP contribution in [0.5, 0.6) is 11.5 Å². The molecule has 0 N–H and O–H groups in total. The van der Waals surface area contributed by atoms with Crippen LogP contribution in [0.3, 0.4) is 0 Å². The summed E-state index contributed by atoms with van der Waals surface area (Å²) in [6.45, 7) is 8.75. The van der Waals surface area contributed by atoms with Crippen molar-refractivity contribution in [2.24, 2.45) is 0 Å². The molecule has 0 aliphatic carbocycles. The van der Waals surface area contributed by atoms with E-state index in [2.05, 4.69) is 74.0 Å². The summed E-state index contributed by atoms with van der Waals surface area (Å²) in [7, 11) is 0. The van der Waals surface area contributed by atoms with Gasteiger partial charge in [0.15, 0.2) is 0 Å². The number of aryl methyl sites for hydroxylation is 2. The molecule has 136 valence electrons. The first-order chi connectivity index (χ1) is 11.9. The molecule has 2 rings (SSSR count). The minimum atomic E-state index is -3.16. The third-order valence-corrected chi connectivity index (χ3v) is 8.60. The first-order valence-electron chi connectivity index (χ1n) is 9.43. The molecule has 0 radical (unpaired) electrons. The van der Waals surface area contributed by atoms with Crippen LogP contribution in [0.4, 0.5) is 0 Å². The molecule has 0 unspecified atom stereocenters. The summed E-state index contributed by atoms with van der Waals surface area (Å²) in [6, 6.07) is 12.8. The van der Waals surface area contributed by atoms with Gasteiger partial charge in [-0.05, 0) is 0 Å². The van der Waals surface area contributed by atoms with Gasteiger partial charge in [-0.25, -0.2) is 0 Å². The summed E-state index contributed by atoms with van der Waals surface area (Å²) in [4.78, 5) is 4.37. The van der Waals surface area contributed by atoms with Gasteiger partial charge in [0, 0.05) is 0 Å². The second-order valence-electron chi connectivity index (χ2n) is 7.18. The molecule has 0 aliphatic rings. The van der Waals surface area contributed by atoms with Crippen molar-refractivity contribution in [2.45, 2.75) is 63.3 Å². The molecule has 3 heteroatoms. The molecule has 0 aliphatic heterocycles. The van der Waals surface area contributed by atoms with Crippen LogP contribution in [0.1, 0.15) is 48.9 Å². The van der Waals surface area contributed by atoms with Crippen molar-refractivity contribution in [3.63, 3.8) is 0 Å². The molecule has 0 spiro atoms. The predicted octanol–water partition coefficient (Wildman–Crippen LogP) is 6.37. The molecule has 0 saturated heterocycles. The van der Waals surface area contributed by atoms with E-state index in [0.717, 1.165) is 37.2 Å². The van der Waals surface area contributed by atoms with Gasteiger partial charge in [0.05, 0.1) is 0 Å². The fourth-order valence-corrected chi connectivity index (χ4v) is 7.58. The Morgan fingerprint density at radius 1 is 0.720 bits per heavy atom. The van der Waals surface area contributed by atoms with Crippen molar-refractivity contribution >= 4 is 19.2 Å². The van der Waals surface area contributed by atoms with E-state index in [4.69, 9.17) is 6.15 Å². The minimum absolute atomic E-state index is 0.995. The van der Waals surface area contributed by atoms with E-state index in [9.17, 15) is 0 Å². The topological polar surface area (TPSA) is 18.5 Å². The summed E-state index contributed by atoms with van der Waals surface area (Å²) in [5.41, 5.74) is 5.27. The van der Waals surface area contributed by atoms with Gasteiger partial charge in [-0.15, -0.1) is 0 Å². The number of hydrogen-bond donors (Lipinski definition) is 0. The number of rotatable bonds is 8. The summed E-state index contributed by atoms with van der Waals surface area (Å²) in [5.74, 6) is 1.99. The van der Waals surface area contributed by atoms with Crippen LogP contribution in [0.15, 0.2) is 36.4 Å². The van der Waals surface area contributed by atoms with E-state index < -0.39 is 19.2 Å². The van der Waals surface area contributed by atoms with Crippen molar-refractivity contribution in [3.05, 3.63) is 58.7 Å². The van der Waals surface area contributed by atoms with Crippen molar-refractivity contribution in [3.8, 4) is 11.5 Å². The number of benzene rings is 2. The Morgan fingerprint density at radius 3 is 1.48 bits per heavy atom. The maximum absolute atomic E-state index is 6.47. The maximum atomic E-state index is 6.47. The van der Waals surface area contributed by atoms with Crippen LogP contribution in [0.2, 0.25) is 9.88 Å². The van der Waals surface area contributed by atoms with Crippen LogP contribution in [-0.2, 0) is 12.8 Å². The molecule has 0 aromatic heterocycles. The van der Waals surface area contributed by atoms with Crippen LogP contribution >= 0.6 is 0 Å². The Labute approximate surface area is 158 Å². The van der Waals surface area contributed by atoms with Crippen molar-refractivity contribution in [2.75, 3.05) is 0 Å². The molecule has 0 atom stereocenters. The van der Waals surface area contributed by atoms with Crippen molar-refractivity contribution < 1.29 is 6.15 Å². The van der Waals surface area contributed by atoms with E-state index in [1.807, 2.05) is 0 Å². The Kier molecular flexibility index (Phi) is 7.23. The fourth-order valence-electron chi connectivity index (χ4n) is 3.17. The standard InChI is InChI=1S/2C10H14O.2CH3.Sn/c2*1-3-5-9-6-4-7-10(11)8(9)2;;;/h2*4,6-7,11H,3,5H2,1-2H3;2*1H3;/q;;;;+2/p-2.